The molecule has 3 aromatic rings. The van der Waals surface area contributed by atoms with Crippen LogP contribution in [0.3, 0.4) is 0 Å². The molecule has 0 atom stereocenters. The van der Waals surface area contributed by atoms with Crippen molar-refractivity contribution in [1.82, 2.24) is 25.0 Å². The zero-order chi connectivity index (χ0) is 22.3. The molecule has 4 rings (SSSR count). The standard InChI is InChI=1S/C18H13Cl2N5O6/c19-10-4-8(25-18(30)21-16(27)13(24-25)17(28)29)5-11(20)14(10)31-12-6-9(7-2-1-3-7)15(26)23-22-12/h4-7H,1-3H2,(H,23,26)(H,28,29)(H,21,27,30). The number of hydrogen-bond donors (Lipinski definition) is 3. The molecule has 0 bridgehead atoms. The van der Waals surface area contributed by atoms with Crippen LogP contribution >= 0.6 is 23.2 Å². The van der Waals surface area contributed by atoms with Crippen LogP contribution in [0.5, 0.6) is 11.6 Å². The maximum atomic E-state index is 12.1. The Morgan fingerprint density at radius 1 is 1.13 bits per heavy atom. The van der Waals surface area contributed by atoms with Gasteiger partial charge in [-0.25, -0.2) is 14.7 Å². The van der Waals surface area contributed by atoms with Gasteiger partial charge in [-0.1, -0.05) is 29.6 Å². The average Bonchev–Trinajstić information content (AvgIpc) is 2.65. The van der Waals surface area contributed by atoms with E-state index in [-0.39, 0.29) is 38.8 Å². The van der Waals surface area contributed by atoms with E-state index < -0.39 is 22.9 Å². The number of nitrogens with one attached hydrogen (secondary N) is 2. The van der Waals surface area contributed by atoms with E-state index in [1.165, 1.54) is 18.2 Å². The van der Waals surface area contributed by atoms with Crippen LogP contribution in [0.1, 0.15) is 41.2 Å². The summed E-state index contributed by atoms with van der Waals surface area (Å²) < 4.78 is 6.29. The topological polar surface area (TPSA) is 160 Å². The Morgan fingerprint density at radius 2 is 1.81 bits per heavy atom. The molecule has 2 aromatic heterocycles. The lowest BCUT2D eigenvalue weighted by Crippen LogP contribution is -2.35. The van der Waals surface area contributed by atoms with Gasteiger partial charge in [0.1, 0.15) is 0 Å². The van der Waals surface area contributed by atoms with Crippen LogP contribution in [-0.4, -0.2) is 36.0 Å². The van der Waals surface area contributed by atoms with E-state index in [0.717, 1.165) is 19.3 Å². The lowest BCUT2D eigenvalue weighted by Gasteiger charge is -2.24. The molecule has 0 amide bonds. The highest BCUT2D eigenvalue weighted by molar-refractivity contribution is 6.37. The second kappa shape index (κ2) is 8.00. The maximum Gasteiger partial charge on any atom is 0.362 e. The predicted octanol–water partition coefficient (Wildman–Crippen LogP) is 2.07. The van der Waals surface area contributed by atoms with Crippen molar-refractivity contribution in [3.8, 4) is 17.3 Å². The first-order valence-corrected chi connectivity index (χ1v) is 9.74. The molecule has 1 fully saturated rings. The molecule has 0 radical (unpaired) electrons. The number of aromatic carboxylic acids is 1. The zero-order valence-electron chi connectivity index (χ0n) is 15.5. The Labute approximate surface area is 182 Å². The minimum Gasteiger partial charge on any atom is -0.476 e. The summed E-state index contributed by atoms with van der Waals surface area (Å²) in [6.07, 6.45) is 2.85. The average molecular weight is 466 g/mol. The highest BCUT2D eigenvalue weighted by Gasteiger charge is 2.24. The third kappa shape index (κ3) is 3.97. The van der Waals surface area contributed by atoms with Crippen molar-refractivity contribution in [2.24, 2.45) is 0 Å². The molecule has 3 N–H and O–H groups in total. The summed E-state index contributed by atoms with van der Waals surface area (Å²) in [5.41, 5.74) is -2.74. The van der Waals surface area contributed by atoms with Gasteiger partial charge in [-0.3, -0.25) is 14.6 Å². The molecule has 1 aliphatic rings. The van der Waals surface area contributed by atoms with Crippen molar-refractivity contribution in [2.75, 3.05) is 0 Å². The monoisotopic (exact) mass is 465 g/mol. The van der Waals surface area contributed by atoms with Crippen molar-refractivity contribution >= 4 is 29.2 Å². The minimum atomic E-state index is -1.61. The van der Waals surface area contributed by atoms with E-state index in [2.05, 4.69) is 15.3 Å². The van der Waals surface area contributed by atoms with Gasteiger partial charge < -0.3 is 9.84 Å². The van der Waals surface area contributed by atoms with Crippen molar-refractivity contribution in [1.29, 1.82) is 0 Å². The van der Waals surface area contributed by atoms with Gasteiger partial charge in [0.15, 0.2) is 5.75 Å². The third-order valence-electron chi connectivity index (χ3n) is 4.82. The van der Waals surface area contributed by atoms with Crippen LogP contribution < -0.4 is 21.5 Å². The Kier molecular flexibility index (Phi) is 5.38. The summed E-state index contributed by atoms with van der Waals surface area (Å²) in [6, 6.07) is 4.02. The quantitative estimate of drug-likeness (QED) is 0.515. The molecule has 2 heterocycles. The summed E-state index contributed by atoms with van der Waals surface area (Å²) in [6.45, 7) is 0. The second-order valence-corrected chi connectivity index (χ2v) is 7.60. The number of hydrogen-bond acceptors (Lipinski definition) is 7. The molecule has 31 heavy (non-hydrogen) atoms. The molecule has 0 aliphatic heterocycles. The van der Waals surface area contributed by atoms with E-state index in [1.807, 2.05) is 4.98 Å². The molecule has 0 saturated heterocycles. The SMILES string of the molecule is O=C(O)c1nn(-c2cc(Cl)c(Oc3cc(C4CCC4)c(=O)[nH]n3)c(Cl)c2)c(=O)[nH]c1=O. The number of carboxylic acids is 1. The minimum absolute atomic E-state index is 0.00197. The van der Waals surface area contributed by atoms with Crippen LogP contribution in [0, 0.1) is 0 Å². The van der Waals surface area contributed by atoms with Gasteiger partial charge in [0.2, 0.25) is 11.6 Å². The lowest BCUT2D eigenvalue weighted by atomic mass is 9.81. The summed E-state index contributed by atoms with van der Waals surface area (Å²) in [7, 11) is 0. The summed E-state index contributed by atoms with van der Waals surface area (Å²) >= 11 is 12.5. The van der Waals surface area contributed by atoms with Crippen LogP contribution in [0.25, 0.3) is 5.69 Å². The van der Waals surface area contributed by atoms with Gasteiger partial charge in [0.05, 0.1) is 15.7 Å². The van der Waals surface area contributed by atoms with Gasteiger partial charge in [0.25, 0.3) is 11.1 Å². The fourth-order valence-corrected chi connectivity index (χ4v) is 3.61. The highest BCUT2D eigenvalue weighted by atomic mass is 35.5. The number of halogens is 2. The number of carbonyl (C=O) groups is 1. The van der Waals surface area contributed by atoms with Crippen LogP contribution in [0.2, 0.25) is 10.0 Å². The van der Waals surface area contributed by atoms with E-state index in [4.69, 9.17) is 33.0 Å². The molecule has 0 spiro atoms. The van der Waals surface area contributed by atoms with Gasteiger partial charge in [-0.15, -0.1) is 5.10 Å². The van der Waals surface area contributed by atoms with E-state index >= 15 is 0 Å². The number of nitrogens with zero attached hydrogens (tertiary/aromatic N) is 3. The van der Waals surface area contributed by atoms with E-state index in [9.17, 15) is 19.2 Å². The largest absolute Gasteiger partial charge is 0.476 e. The Hall–Kier alpha value is -3.44. The lowest BCUT2D eigenvalue weighted by molar-refractivity contribution is 0.0685. The predicted molar refractivity (Wildman–Crippen MR) is 109 cm³/mol. The Bertz CT molecular complexity index is 1350. The Balaban J connectivity index is 1.72. The first-order valence-electron chi connectivity index (χ1n) is 8.98. The fraction of sp³-hybridized carbons (Fsp3) is 0.222. The number of benzene rings is 1. The van der Waals surface area contributed by atoms with E-state index in [1.54, 1.807) is 0 Å². The smallest absolute Gasteiger partial charge is 0.362 e. The van der Waals surface area contributed by atoms with Gasteiger partial charge in [-0.05, 0) is 30.9 Å². The molecule has 1 aromatic carbocycles. The number of aromatic amines is 2. The molecule has 160 valence electrons. The third-order valence-corrected chi connectivity index (χ3v) is 5.38. The van der Waals surface area contributed by atoms with E-state index in [0.29, 0.717) is 10.2 Å². The zero-order valence-corrected chi connectivity index (χ0v) is 17.0. The first kappa shape index (κ1) is 20.8. The second-order valence-electron chi connectivity index (χ2n) is 6.78. The maximum absolute atomic E-state index is 12.1. The summed E-state index contributed by atoms with van der Waals surface area (Å²) in [4.78, 5) is 48.6. The van der Waals surface area contributed by atoms with Gasteiger partial charge in [0, 0.05) is 11.6 Å². The molecule has 1 aliphatic carbocycles. The van der Waals surface area contributed by atoms with Gasteiger partial charge >= 0.3 is 11.7 Å². The van der Waals surface area contributed by atoms with Gasteiger partial charge in [-0.2, -0.15) is 9.78 Å². The fourth-order valence-electron chi connectivity index (χ4n) is 3.06. The van der Waals surface area contributed by atoms with Crippen LogP contribution in [0.15, 0.2) is 32.6 Å². The number of ether oxygens (including phenoxy) is 1. The number of aromatic nitrogens is 5. The van der Waals surface area contributed by atoms with Crippen molar-refractivity contribution < 1.29 is 14.6 Å². The van der Waals surface area contributed by atoms with Crippen molar-refractivity contribution in [2.45, 2.75) is 25.2 Å². The Morgan fingerprint density at radius 3 is 2.39 bits per heavy atom. The normalized spacial score (nSPS) is 13.6. The van der Waals surface area contributed by atoms with Crippen LogP contribution in [0.4, 0.5) is 0 Å². The number of H-pyrrole nitrogens is 2. The van der Waals surface area contributed by atoms with Crippen molar-refractivity contribution in [3.63, 3.8) is 0 Å². The molecule has 13 heteroatoms. The molecule has 11 nitrogen and oxygen atoms in total. The number of rotatable bonds is 5. The van der Waals surface area contributed by atoms with Crippen LogP contribution in [-0.2, 0) is 0 Å². The highest BCUT2D eigenvalue weighted by Crippen LogP contribution is 2.39. The molecular formula is C18H13Cl2N5O6. The first-order chi connectivity index (χ1) is 14.7. The molecule has 0 unspecified atom stereocenters. The summed E-state index contributed by atoms with van der Waals surface area (Å²) in [5.74, 6) is -1.39. The molecular weight excluding hydrogens is 453 g/mol. The summed E-state index contributed by atoms with van der Waals surface area (Å²) in [5, 5.41) is 18.7. The van der Waals surface area contributed by atoms with Crippen molar-refractivity contribution in [3.05, 3.63) is 70.7 Å². The molecule has 1 saturated carbocycles. The number of carboxylic acid groups (broad SMARTS) is 1.